The van der Waals surface area contributed by atoms with Gasteiger partial charge in [-0.25, -0.2) is 9.18 Å². The first-order valence-electron chi connectivity index (χ1n) is 7.47. The number of benzene rings is 2. The van der Waals surface area contributed by atoms with Gasteiger partial charge in [0.05, 0.1) is 17.7 Å². The summed E-state index contributed by atoms with van der Waals surface area (Å²) in [6.07, 6.45) is -4.66. The molecule has 0 heterocycles. The molecule has 0 spiro atoms. The second-order valence-electron chi connectivity index (χ2n) is 5.91. The molecule has 2 rings (SSSR count). The molecular formula is C18H16F4O3. The molecule has 0 aliphatic rings. The van der Waals surface area contributed by atoms with Crippen LogP contribution in [0.4, 0.5) is 17.6 Å². The van der Waals surface area contributed by atoms with E-state index in [0.717, 1.165) is 18.2 Å². The molecule has 0 saturated carbocycles. The summed E-state index contributed by atoms with van der Waals surface area (Å²) in [7, 11) is 0. The summed E-state index contributed by atoms with van der Waals surface area (Å²) in [4.78, 5) is 11.4. The van der Waals surface area contributed by atoms with Crippen LogP contribution in [0, 0.1) is 11.7 Å². The van der Waals surface area contributed by atoms with Gasteiger partial charge < -0.3 is 9.84 Å². The number of hydrogen-bond acceptors (Lipinski definition) is 2. The molecule has 0 amide bonds. The third kappa shape index (κ3) is 4.49. The van der Waals surface area contributed by atoms with Crippen molar-refractivity contribution in [2.75, 3.05) is 6.61 Å². The van der Waals surface area contributed by atoms with E-state index in [9.17, 15) is 27.5 Å². The summed E-state index contributed by atoms with van der Waals surface area (Å²) in [5, 5.41) is 9.24. The molecule has 134 valence electrons. The minimum absolute atomic E-state index is 0.0508. The first-order chi connectivity index (χ1) is 11.6. The van der Waals surface area contributed by atoms with Crippen LogP contribution in [0.5, 0.6) is 5.75 Å². The fourth-order valence-corrected chi connectivity index (χ4v) is 2.19. The standard InChI is InChI=1S/C18H16F4O3/c1-10(2)9-25-16-7-11(3-6-15(16)19)13-5-4-12(18(20,21)22)8-14(13)17(23)24/h3-8,10H,9H2,1-2H3,(H,23,24). The van der Waals surface area contributed by atoms with Crippen molar-refractivity contribution in [1.82, 2.24) is 0 Å². The molecule has 0 unspecified atom stereocenters. The van der Waals surface area contributed by atoms with Gasteiger partial charge in [0.1, 0.15) is 0 Å². The van der Waals surface area contributed by atoms with Crippen LogP contribution in [0.3, 0.4) is 0 Å². The molecule has 0 aliphatic heterocycles. The van der Waals surface area contributed by atoms with Crippen molar-refractivity contribution in [3.05, 3.63) is 53.3 Å². The van der Waals surface area contributed by atoms with E-state index in [2.05, 4.69) is 0 Å². The van der Waals surface area contributed by atoms with Crippen LogP contribution < -0.4 is 4.74 Å². The Morgan fingerprint density at radius 1 is 1.16 bits per heavy atom. The van der Waals surface area contributed by atoms with Gasteiger partial charge >= 0.3 is 12.1 Å². The van der Waals surface area contributed by atoms with Crippen molar-refractivity contribution in [2.45, 2.75) is 20.0 Å². The predicted molar refractivity (Wildman–Crippen MR) is 84.1 cm³/mol. The SMILES string of the molecule is CC(C)COc1cc(-c2ccc(C(F)(F)F)cc2C(=O)O)ccc1F. The zero-order chi connectivity index (χ0) is 18.8. The van der Waals surface area contributed by atoms with Gasteiger partial charge in [-0.3, -0.25) is 0 Å². The van der Waals surface area contributed by atoms with Gasteiger partial charge in [-0.05, 0) is 41.3 Å². The topological polar surface area (TPSA) is 46.5 Å². The van der Waals surface area contributed by atoms with Crippen molar-refractivity contribution < 1.29 is 32.2 Å². The molecule has 0 radical (unpaired) electrons. The third-order valence-corrected chi connectivity index (χ3v) is 3.39. The van der Waals surface area contributed by atoms with Crippen molar-refractivity contribution in [3.8, 4) is 16.9 Å². The molecule has 7 heteroatoms. The maximum atomic E-state index is 13.8. The van der Waals surface area contributed by atoms with Crippen molar-refractivity contribution in [2.24, 2.45) is 5.92 Å². The zero-order valence-electron chi connectivity index (χ0n) is 13.5. The molecule has 3 nitrogen and oxygen atoms in total. The largest absolute Gasteiger partial charge is 0.490 e. The van der Waals surface area contributed by atoms with Crippen LogP contribution in [0.25, 0.3) is 11.1 Å². The Morgan fingerprint density at radius 2 is 1.84 bits per heavy atom. The average molecular weight is 356 g/mol. The summed E-state index contributed by atoms with van der Waals surface area (Å²) in [6.45, 7) is 4.00. The highest BCUT2D eigenvalue weighted by atomic mass is 19.4. The fourth-order valence-electron chi connectivity index (χ4n) is 2.19. The molecule has 1 N–H and O–H groups in total. The van der Waals surface area contributed by atoms with Crippen LogP contribution in [-0.2, 0) is 6.18 Å². The highest BCUT2D eigenvalue weighted by Gasteiger charge is 2.32. The smallest absolute Gasteiger partial charge is 0.416 e. The summed E-state index contributed by atoms with van der Waals surface area (Å²) >= 11 is 0. The van der Waals surface area contributed by atoms with E-state index < -0.39 is 29.1 Å². The van der Waals surface area contributed by atoms with Gasteiger partial charge in [-0.1, -0.05) is 26.0 Å². The van der Waals surface area contributed by atoms with Crippen LogP contribution in [-0.4, -0.2) is 17.7 Å². The summed E-state index contributed by atoms with van der Waals surface area (Å²) in [5.74, 6) is -2.07. The number of carbonyl (C=O) groups is 1. The second-order valence-corrected chi connectivity index (χ2v) is 5.91. The highest BCUT2D eigenvalue weighted by molar-refractivity contribution is 5.96. The Hall–Kier alpha value is -2.57. The summed E-state index contributed by atoms with van der Waals surface area (Å²) < 4.78 is 57.5. The highest BCUT2D eigenvalue weighted by Crippen LogP contribution is 2.35. The molecule has 0 fully saturated rings. The first-order valence-corrected chi connectivity index (χ1v) is 7.47. The Labute approximate surface area is 141 Å². The van der Waals surface area contributed by atoms with E-state index in [1.54, 1.807) is 0 Å². The molecule has 0 bridgehead atoms. The quantitative estimate of drug-likeness (QED) is 0.745. The van der Waals surface area contributed by atoms with E-state index in [1.807, 2.05) is 13.8 Å². The maximum Gasteiger partial charge on any atom is 0.416 e. The molecule has 0 aromatic heterocycles. The fraction of sp³-hybridized carbons (Fsp3) is 0.278. The first kappa shape index (κ1) is 18.8. The van der Waals surface area contributed by atoms with Gasteiger partial charge in [-0.15, -0.1) is 0 Å². The van der Waals surface area contributed by atoms with Crippen molar-refractivity contribution in [3.63, 3.8) is 0 Å². The molecule has 0 atom stereocenters. The van der Waals surface area contributed by atoms with Crippen molar-refractivity contribution in [1.29, 1.82) is 0 Å². The third-order valence-electron chi connectivity index (χ3n) is 3.39. The van der Waals surface area contributed by atoms with Gasteiger partial charge in [0.25, 0.3) is 0 Å². The molecule has 2 aromatic carbocycles. The number of carboxylic acids is 1. The number of halogens is 4. The van der Waals surface area contributed by atoms with Crippen molar-refractivity contribution >= 4 is 5.97 Å². The van der Waals surface area contributed by atoms with E-state index in [4.69, 9.17) is 4.74 Å². The van der Waals surface area contributed by atoms with E-state index in [1.165, 1.54) is 12.1 Å². The Kier molecular flexibility index (Phi) is 5.35. The molecule has 25 heavy (non-hydrogen) atoms. The van der Waals surface area contributed by atoms with Crippen LogP contribution in [0.15, 0.2) is 36.4 Å². The normalized spacial score (nSPS) is 11.6. The van der Waals surface area contributed by atoms with Gasteiger partial charge in [0.2, 0.25) is 0 Å². The lowest BCUT2D eigenvalue weighted by atomic mass is 9.97. The molecule has 0 aliphatic carbocycles. The Balaban J connectivity index is 2.50. The minimum Gasteiger partial charge on any atom is -0.490 e. The van der Waals surface area contributed by atoms with Gasteiger partial charge in [-0.2, -0.15) is 13.2 Å². The van der Waals surface area contributed by atoms with Gasteiger partial charge in [0, 0.05) is 0 Å². The molecule has 0 saturated heterocycles. The Bertz CT molecular complexity index is 782. The molecule has 2 aromatic rings. The number of alkyl halides is 3. The number of carboxylic acid groups (broad SMARTS) is 1. The minimum atomic E-state index is -4.66. The van der Waals surface area contributed by atoms with E-state index >= 15 is 0 Å². The lowest BCUT2D eigenvalue weighted by molar-refractivity contribution is -0.137. The molecular weight excluding hydrogens is 340 g/mol. The monoisotopic (exact) mass is 356 g/mol. The number of hydrogen-bond donors (Lipinski definition) is 1. The predicted octanol–water partition coefficient (Wildman–Crippen LogP) is 5.24. The van der Waals surface area contributed by atoms with Crippen LogP contribution >= 0.6 is 0 Å². The van der Waals surface area contributed by atoms with E-state index in [-0.39, 0.29) is 29.4 Å². The number of rotatable bonds is 5. The summed E-state index contributed by atoms with van der Waals surface area (Å²) in [6, 6.07) is 6.09. The van der Waals surface area contributed by atoms with Gasteiger partial charge in [0.15, 0.2) is 11.6 Å². The maximum absolute atomic E-state index is 13.8. The zero-order valence-corrected chi connectivity index (χ0v) is 13.5. The van der Waals surface area contributed by atoms with E-state index in [0.29, 0.717) is 6.07 Å². The summed E-state index contributed by atoms with van der Waals surface area (Å²) in [5.41, 5.74) is -1.27. The average Bonchev–Trinajstić information content (AvgIpc) is 2.52. The number of aromatic carboxylic acids is 1. The van der Waals surface area contributed by atoms with Crippen LogP contribution in [0.1, 0.15) is 29.8 Å². The lowest BCUT2D eigenvalue weighted by Gasteiger charge is -2.14. The second kappa shape index (κ2) is 7.13. The van der Waals surface area contributed by atoms with Crippen LogP contribution in [0.2, 0.25) is 0 Å². The Morgan fingerprint density at radius 3 is 2.40 bits per heavy atom. The lowest BCUT2D eigenvalue weighted by Crippen LogP contribution is -2.09. The number of ether oxygens (including phenoxy) is 1.